The lowest BCUT2D eigenvalue weighted by Gasteiger charge is -2.09. The Morgan fingerprint density at radius 2 is 1.56 bits per heavy atom. The lowest BCUT2D eigenvalue weighted by molar-refractivity contribution is 0.0952. The zero-order chi connectivity index (χ0) is 22.7. The van der Waals surface area contributed by atoms with Crippen molar-refractivity contribution >= 4 is 46.4 Å². The van der Waals surface area contributed by atoms with Gasteiger partial charge in [-0.25, -0.2) is 4.98 Å². The minimum absolute atomic E-state index is 0.159. The minimum Gasteiger partial charge on any atom is -0.352 e. The predicted molar refractivity (Wildman–Crippen MR) is 133 cm³/mol. The number of benzene rings is 2. The molecule has 0 fully saturated rings. The third kappa shape index (κ3) is 4.78. The van der Waals surface area contributed by atoms with E-state index < -0.39 is 0 Å². The SMILES string of the molecule is CCCCCNC(=O)c1cc(Cl)c2nc(-c3ccc(Cl)cc3)c(-c3ccc(Cl)cc3)n2c1. The Balaban J connectivity index is 1.85. The van der Waals surface area contributed by atoms with Gasteiger partial charge in [-0.3, -0.25) is 9.20 Å². The molecule has 0 unspecified atom stereocenters. The molecule has 0 saturated heterocycles. The zero-order valence-corrected chi connectivity index (χ0v) is 19.8. The summed E-state index contributed by atoms with van der Waals surface area (Å²) in [4.78, 5) is 17.6. The van der Waals surface area contributed by atoms with Crippen LogP contribution in [0.5, 0.6) is 0 Å². The minimum atomic E-state index is -0.159. The smallest absolute Gasteiger partial charge is 0.252 e. The Bertz CT molecular complexity index is 1250. The van der Waals surface area contributed by atoms with Crippen LogP contribution < -0.4 is 5.32 Å². The average Bonchev–Trinajstić information content (AvgIpc) is 3.18. The summed E-state index contributed by atoms with van der Waals surface area (Å²) in [5, 5.41) is 4.66. The van der Waals surface area contributed by atoms with Crippen LogP contribution in [-0.4, -0.2) is 21.8 Å². The van der Waals surface area contributed by atoms with Crippen molar-refractivity contribution in [2.24, 2.45) is 0 Å². The van der Waals surface area contributed by atoms with Crippen molar-refractivity contribution in [2.45, 2.75) is 26.2 Å². The first kappa shape index (κ1) is 22.7. The Morgan fingerprint density at radius 3 is 2.19 bits per heavy atom. The molecule has 32 heavy (non-hydrogen) atoms. The van der Waals surface area contributed by atoms with Crippen molar-refractivity contribution in [3.05, 3.63) is 81.4 Å². The third-order valence-electron chi connectivity index (χ3n) is 5.24. The molecule has 0 atom stereocenters. The molecule has 2 heterocycles. The number of nitrogens with zero attached hydrogens (tertiary/aromatic N) is 2. The molecule has 0 saturated carbocycles. The Morgan fingerprint density at radius 1 is 0.938 bits per heavy atom. The monoisotopic (exact) mass is 485 g/mol. The maximum absolute atomic E-state index is 12.8. The number of hydrogen-bond acceptors (Lipinski definition) is 2. The largest absolute Gasteiger partial charge is 0.352 e. The van der Waals surface area contributed by atoms with Crippen LogP contribution in [0, 0.1) is 0 Å². The highest BCUT2D eigenvalue weighted by atomic mass is 35.5. The highest BCUT2D eigenvalue weighted by molar-refractivity contribution is 6.34. The predicted octanol–water partition coefficient (Wildman–Crippen LogP) is 7.55. The van der Waals surface area contributed by atoms with Crippen LogP contribution in [0.3, 0.4) is 0 Å². The number of fused-ring (bicyclic) bond motifs is 1. The molecule has 0 aliphatic carbocycles. The van der Waals surface area contributed by atoms with Gasteiger partial charge in [0, 0.05) is 33.9 Å². The number of amides is 1. The highest BCUT2D eigenvalue weighted by Crippen LogP contribution is 2.36. The fourth-order valence-electron chi connectivity index (χ4n) is 3.60. The summed E-state index contributed by atoms with van der Waals surface area (Å²) in [5.74, 6) is -0.159. The van der Waals surface area contributed by atoms with Gasteiger partial charge < -0.3 is 5.32 Å². The molecule has 7 heteroatoms. The van der Waals surface area contributed by atoms with E-state index in [2.05, 4.69) is 12.2 Å². The van der Waals surface area contributed by atoms with Crippen molar-refractivity contribution in [3.8, 4) is 22.5 Å². The summed E-state index contributed by atoms with van der Waals surface area (Å²) in [5.41, 5.74) is 4.42. The number of halogens is 3. The van der Waals surface area contributed by atoms with E-state index in [0.717, 1.165) is 41.8 Å². The first-order valence-corrected chi connectivity index (χ1v) is 11.6. The molecule has 0 radical (unpaired) electrons. The number of pyridine rings is 1. The highest BCUT2D eigenvalue weighted by Gasteiger charge is 2.20. The van der Waals surface area contributed by atoms with Gasteiger partial charge in [0.2, 0.25) is 0 Å². The molecule has 0 aliphatic heterocycles. The van der Waals surface area contributed by atoms with E-state index in [9.17, 15) is 4.79 Å². The summed E-state index contributed by atoms with van der Waals surface area (Å²) in [6, 6.07) is 16.6. The Labute approximate surface area is 202 Å². The van der Waals surface area contributed by atoms with Crippen LogP contribution in [0.4, 0.5) is 0 Å². The molecular formula is C25H22Cl3N3O. The van der Waals surface area contributed by atoms with E-state index in [4.69, 9.17) is 39.8 Å². The number of imidazole rings is 1. The molecule has 0 aliphatic rings. The van der Waals surface area contributed by atoms with E-state index in [1.54, 1.807) is 12.3 Å². The fourth-order valence-corrected chi connectivity index (χ4v) is 4.10. The van der Waals surface area contributed by atoms with Crippen LogP contribution in [0.15, 0.2) is 60.8 Å². The van der Waals surface area contributed by atoms with Gasteiger partial charge in [-0.1, -0.05) is 78.8 Å². The number of unbranched alkanes of at least 4 members (excludes halogenated alkanes) is 2. The molecule has 4 aromatic rings. The van der Waals surface area contributed by atoms with E-state index in [-0.39, 0.29) is 5.91 Å². The van der Waals surface area contributed by atoms with E-state index in [1.165, 1.54) is 0 Å². The molecule has 164 valence electrons. The molecule has 1 amide bonds. The van der Waals surface area contributed by atoms with E-state index in [0.29, 0.717) is 32.8 Å². The summed E-state index contributed by atoms with van der Waals surface area (Å²) in [7, 11) is 0. The molecule has 4 nitrogen and oxygen atoms in total. The second-order valence-electron chi connectivity index (χ2n) is 7.56. The molecule has 1 N–H and O–H groups in total. The van der Waals surface area contributed by atoms with Gasteiger partial charge >= 0.3 is 0 Å². The Hall–Kier alpha value is -2.53. The molecule has 0 bridgehead atoms. The van der Waals surface area contributed by atoms with Gasteiger partial charge in [0.1, 0.15) is 0 Å². The summed E-state index contributed by atoms with van der Waals surface area (Å²) in [6.45, 7) is 2.76. The molecular weight excluding hydrogens is 465 g/mol. The van der Waals surface area contributed by atoms with Crippen LogP contribution in [0.25, 0.3) is 28.2 Å². The quantitative estimate of drug-likeness (QED) is 0.274. The van der Waals surface area contributed by atoms with Crippen LogP contribution in [0.2, 0.25) is 15.1 Å². The van der Waals surface area contributed by atoms with Crippen LogP contribution in [0.1, 0.15) is 36.5 Å². The van der Waals surface area contributed by atoms with Gasteiger partial charge in [-0.2, -0.15) is 0 Å². The summed E-state index contributed by atoms with van der Waals surface area (Å²) in [6.07, 6.45) is 4.90. The number of hydrogen-bond donors (Lipinski definition) is 1. The third-order valence-corrected chi connectivity index (χ3v) is 6.02. The second-order valence-corrected chi connectivity index (χ2v) is 8.84. The maximum atomic E-state index is 12.8. The van der Waals surface area contributed by atoms with E-state index in [1.807, 2.05) is 52.9 Å². The lowest BCUT2D eigenvalue weighted by Crippen LogP contribution is -2.24. The standard InChI is InChI=1S/C25H22Cl3N3O/c1-2-3-4-13-29-25(32)18-14-21(28)24-30-22(16-5-9-19(26)10-6-16)23(31(24)15-18)17-7-11-20(27)12-8-17/h5-12,14-15H,2-4,13H2,1H3,(H,29,32). The number of carbonyl (C=O) groups excluding carboxylic acids is 1. The first-order chi connectivity index (χ1) is 15.5. The van der Waals surface area contributed by atoms with Gasteiger partial charge in [0.15, 0.2) is 5.65 Å². The zero-order valence-electron chi connectivity index (χ0n) is 17.5. The number of aromatic nitrogens is 2. The van der Waals surface area contributed by atoms with Crippen molar-refractivity contribution in [1.82, 2.24) is 14.7 Å². The second kappa shape index (κ2) is 9.95. The summed E-state index contributed by atoms with van der Waals surface area (Å²) < 4.78 is 1.87. The molecule has 4 rings (SSSR count). The first-order valence-electron chi connectivity index (χ1n) is 10.5. The van der Waals surface area contributed by atoms with Crippen LogP contribution in [-0.2, 0) is 0 Å². The normalized spacial score (nSPS) is 11.1. The topological polar surface area (TPSA) is 46.4 Å². The maximum Gasteiger partial charge on any atom is 0.252 e. The van der Waals surface area contributed by atoms with Crippen molar-refractivity contribution in [3.63, 3.8) is 0 Å². The Kier molecular flexibility index (Phi) is 7.04. The fraction of sp³-hybridized carbons (Fsp3) is 0.200. The van der Waals surface area contributed by atoms with Crippen LogP contribution >= 0.6 is 34.8 Å². The molecule has 0 spiro atoms. The lowest BCUT2D eigenvalue weighted by atomic mass is 10.0. The molecule has 2 aromatic carbocycles. The number of carbonyl (C=O) groups is 1. The van der Waals surface area contributed by atoms with Gasteiger partial charge in [-0.15, -0.1) is 0 Å². The number of nitrogens with one attached hydrogen (secondary N) is 1. The van der Waals surface area contributed by atoms with E-state index >= 15 is 0 Å². The summed E-state index contributed by atoms with van der Waals surface area (Å²) >= 11 is 18.8. The van der Waals surface area contributed by atoms with Gasteiger partial charge in [-0.05, 0) is 36.8 Å². The average molecular weight is 487 g/mol. The van der Waals surface area contributed by atoms with Gasteiger partial charge in [0.05, 0.1) is 22.0 Å². The van der Waals surface area contributed by atoms with Crippen molar-refractivity contribution in [2.75, 3.05) is 6.54 Å². The number of rotatable bonds is 7. The molecule has 2 aromatic heterocycles. The van der Waals surface area contributed by atoms with Crippen molar-refractivity contribution < 1.29 is 4.79 Å². The van der Waals surface area contributed by atoms with Gasteiger partial charge in [0.25, 0.3) is 5.91 Å². The van der Waals surface area contributed by atoms with Crippen molar-refractivity contribution in [1.29, 1.82) is 0 Å².